The molecule has 25 heteroatoms. The summed E-state index contributed by atoms with van der Waals surface area (Å²) in [5, 5.41) is 0. The van der Waals surface area contributed by atoms with Crippen LogP contribution in [0.4, 0.5) is 20.5 Å². The maximum Gasteiger partial charge on any atom is 0.386 e. The van der Waals surface area contributed by atoms with Gasteiger partial charge in [0.2, 0.25) is 5.95 Å². The van der Waals surface area contributed by atoms with Crippen LogP contribution in [0.15, 0.2) is 23.8 Å². The van der Waals surface area contributed by atoms with Gasteiger partial charge >= 0.3 is 6.80 Å². The van der Waals surface area contributed by atoms with E-state index in [4.69, 9.17) is 39.0 Å². The van der Waals surface area contributed by atoms with Crippen LogP contribution in [0, 0.1) is 0 Å². The number of ether oxygens (including phenoxy) is 2. The third-order valence-electron chi connectivity index (χ3n) is 7.36. The molecule has 3 aliphatic heterocycles. The number of aromatic amines is 1. The van der Waals surface area contributed by atoms with E-state index < -0.39 is 82.3 Å². The van der Waals surface area contributed by atoms with E-state index in [-0.39, 0.29) is 34.1 Å². The van der Waals surface area contributed by atoms with Crippen molar-refractivity contribution >= 4 is 68.2 Å². The largest absolute Gasteiger partial charge is 0.386 e. The second-order valence-corrected chi connectivity index (χ2v) is 15.2. The normalized spacial score (nSPS) is 37.7. The number of hydrogen-bond acceptors (Lipinski definition) is 16. The molecule has 7 rings (SSSR count). The summed E-state index contributed by atoms with van der Waals surface area (Å²) in [6, 6.07) is 0. The predicted octanol–water partition coefficient (Wildman–Crippen LogP) is 0.191. The van der Waals surface area contributed by atoms with Gasteiger partial charge in [-0.2, -0.15) is 4.98 Å². The van der Waals surface area contributed by atoms with Gasteiger partial charge in [-0.25, -0.2) is 33.3 Å². The Hall–Kier alpha value is -3.01. The van der Waals surface area contributed by atoms with Crippen molar-refractivity contribution < 1.29 is 45.5 Å². The summed E-state index contributed by atoms with van der Waals surface area (Å²) in [5.74, 6) is -0.208. The number of rotatable bonds is 2. The SMILES string of the molecule is BP1(=O)OC[C@H]2O[C@@H](n3cnc4c(=O)[nH]c(N)nc43)[C@H](F)[C@@H]2OP(=O)(S)OC[C@H]2O[C@@H](n3cnc4c(N)ncnc43)[C@H](F)[C@@H]2O1. The van der Waals surface area contributed by atoms with Crippen LogP contribution in [0.25, 0.3) is 22.3 Å². The summed E-state index contributed by atoms with van der Waals surface area (Å²) in [6.07, 6.45) is -9.53. The highest BCUT2D eigenvalue weighted by molar-refractivity contribution is 8.44. The van der Waals surface area contributed by atoms with Crippen LogP contribution >= 0.6 is 26.5 Å². The van der Waals surface area contributed by atoms with Crippen LogP contribution in [0.3, 0.4) is 0 Å². The lowest BCUT2D eigenvalue weighted by Gasteiger charge is -2.29. The van der Waals surface area contributed by atoms with E-state index in [1.165, 1.54) is 10.9 Å². The highest BCUT2D eigenvalue weighted by Crippen LogP contribution is 2.58. The lowest BCUT2D eigenvalue weighted by atomic mass is 10.1. The standard InChI is InChI=1S/C20H23BF2N10O9P2S/c21-43(35)37-1-6-13(9(23)19(39-6)33-5-29-11-16(33)30-20(25)31-17(11)34)42-44(36,45)38-2-7-12(41-43)8(22)18(40-7)32-4-28-10-14(24)26-3-27-15(10)32/h3-9,12-13,18-19H,1-2,21H2,(H,36,45)(H2,24,26,27)(H3,25,30,31,34)/t6-,7-,8-,9-,12-,13-,18-,19-,43?,44?/m1/s1. The lowest BCUT2D eigenvalue weighted by Crippen LogP contribution is -2.37. The zero-order valence-corrected chi connectivity index (χ0v) is 25.5. The number of nitrogen functional groups attached to an aromatic ring is 2. The fraction of sp³-hybridized carbons (Fsp3) is 0.500. The minimum absolute atomic E-state index is 0.0503. The maximum absolute atomic E-state index is 16.0. The average Bonchev–Trinajstić information content (AvgIpc) is 3.72. The molecule has 240 valence electrons. The van der Waals surface area contributed by atoms with E-state index in [2.05, 4.69) is 42.2 Å². The number of halogens is 2. The fourth-order valence-corrected chi connectivity index (χ4v) is 8.01. The molecule has 5 N–H and O–H groups in total. The number of H-pyrrole nitrogens is 1. The molecule has 0 spiro atoms. The molecular formula is C20H23BF2N10O9P2S. The number of fused-ring (bicyclic) bond motifs is 4. The number of anilines is 2. The number of aromatic nitrogens is 8. The van der Waals surface area contributed by atoms with Gasteiger partial charge in [-0.3, -0.25) is 32.5 Å². The molecule has 0 saturated carbocycles. The van der Waals surface area contributed by atoms with Crippen LogP contribution in [0.5, 0.6) is 0 Å². The second kappa shape index (κ2) is 11.1. The minimum Gasteiger partial charge on any atom is -0.382 e. The number of thiol groups is 1. The maximum atomic E-state index is 16.0. The molecule has 7 heterocycles. The Morgan fingerprint density at radius 3 is 2.20 bits per heavy atom. The van der Waals surface area contributed by atoms with Crippen molar-refractivity contribution in [3.8, 4) is 0 Å². The van der Waals surface area contributed by atoms with Crippen molar-refractivity contribution in [1.29, 1.82) is 0 Å². The molecule has 10 atom stereocenters. The minimum atomic E-state index is -4.42. The molecule has 3 fully saturated rings. The number of imidazole rings is 2. The molecule has 4 aromatic heterocycles. The highest BCUT2D eigenvalue weighted by Gasteiger charge is 2.54. The van der Waals surface area contributed by atoms with Crippen molar-refractivity contribution in [2.45, 2.75) is 49.2 Å². The summed E-state index contributed by atoms with van der Waals surface area (Å²) >= 11 is 3.98. The Morgan fingerprint density at radius 2 is 1.51 bits per heavy atom. The van der Waals surface area contributed by atoms with Crippen LogP contribution < -0.4 is 17.0 Å². The van der Waals surface area contributed by atoms with Gasteiger partial charge in [0.15, 0.2) is 47.4 Å². The number of nitrogens with two attached hydrogens (primary N) is 2. The Kier molecular flexibility index (Phi) is 7.53. The van der Waals surface area contributed by atoms with Crippen molar-refractivity contribution in [3.63, 3.8) is 0 Å². The quantitative estimate of drug-likeness (QED) is 0.125. The van der Waals surface area contributed by atoms with Gasteiger partial charge in [0, 0.05) is 0 Å². The first kappa shape index (κ1) is 30.6. The number of nitrogens with one attached hydrogen (secondary N) is 1. The summed E-state index contributed by atoms with van der Waals surface area (Å²) in [7, 11) is -3.04. The summed E-state index contributed by atoms with van der Waals surface area (Å²) < 4.78 is 94.8. The molecule has 0 bridgehead atoms. The molecule has 4 aromatic rings. The van der Waals surface area contributed by atoms with Gasteiger partial charge in [0.05, 0.1) is 25.9 Å². The first-order valence-electron chi connectivity index (χ1n) is 13.1. The molecule has 3 saturated heterocycles. The molecular weight excluding hydrogens is 667 g/mol. The molecule has 0 amide bonds. The molecule has 45 heavy (non-hydrogen) atoms. The van der Waals surface area contributed by atoms with Crippen LogP contribution in [0.1, 0.15) is 12.5 Å². The van der Waals surface area contributed by atoms with Crippen LogP contribution in [0.2, 0.25) is 0 Å². The summed E-state index contributed by atoms with van der Waals surface area (Å²) in [5.41, 5.74) is 10.9. The monoisotopic (exact) mass is 690 g/mol. The van der Waals surface area contributed by atoms with E-state index in [0.29, 0.717) is 0 Å². The average molecular weight is 690 g/mol. The smallest absolute Gasteiger partial charge is 0.382 e. The molecule has 0 radical (unpaired) electrons. The van der Waals surface area contributed by atoms with Crippen molar-refractivity contribution in [3.05, 3.63) is 29.3 Å². The zero-order valence-electron chi connectivity index (χ0n) is 22.8. The third kappa shape index (κ3) is 5.45. The van der Waals surface area contributed by atoms with E-state index in [9.17, 15) is 13.9 Å². The van der Waals surface area contributed by atoms with Gasteiger partial charge in [0.1, 0.15) is 36.3 Å². The molecule has 19 nitrogen and oxygen atoms in total. The fourth-order valence-electron chi connectivity index (χ4n) is 5.35. The molecule has 3 aliphatic rings. The topological polar surface area (TPSA) is 249 Å². The van der Waals surface area contributed by atoms with Crippen LogP contribution in [-0.2, 0) is 36.7 Å². The molecule has 0 aromatic carbocycles. The van der Waals surface area contributed by atoms with Crippen LogP contribution in [-0.4, -0.2) is 96.6 Å². The van der Waals surface area contributed by atoms with Gasteiger partial charge in [-0.05, 0) is 0 Å². The number of alkyl halides is 2. The Labute approximate surface area is 255 Å². The van der Waals surface area contributed by atoms with E-state index in [1.807, 2.05) is 0 Å². The first-order valence-corrected chi connectivity index (χ1v) is 17.8. The molecule has 0 aliphatic carbocycles. The first-order chi connectivity index (χ1) is 21.3. The van der Waals surface area contributed by atoms with E-state index >= 15 is 8.78 Å². The van der Waals surface area contributed by atoms with E-state index in [1.54, 1.807) is 0 Å². The molecule has 2 unspecified atom stereocenters. The van der Waals surface area contributed by atoms with Crippen molar-refractivity contribution in [2.24, 2.45) is 0 Å². The van der Waals surface area contributed by atoms with E-state index in [0.717, 1.165) is 24.8 Å². The van der Waals surface area contributed by atoms with Gasteiger partial charge in [-0.1, -0.05) is 12.2 Å². The van der Waals surface area contributed by atoms with Gasteiger partial charge in [0.25, 0.3) is 20.6 Å². The number of nitrogens with zero attached hydrogens (tertiary/aromatic N) is 7. The third-order valence-corrected chi connectivity index (χ3v) is 10.2. The number of hydrogen-bond donors (Lipinski definition) is 4. The summed E-state index contributed by atoms with van der Waals surface area (Å²) in [6.45, 7) is -5.70. The predicted molar refractivity (Wildman–Crippen MR) is 154 cm³/mol. The van der Waals surface area contributed by atoms with Gasteiger partial charge < -0.3 is 30.0 Å². The lowest BCUT2D eigenvalue weighted by molar-refractivity contribution is -0.0546. The Balaban J connectivity index is 1.17. The summed E-state index contributed by atoms with van der Waals surface area (Å²) in [4.78, 5) is 34.5. The Morgan fingerprint density at radius 1 is 0.911 bits per heavy atom. The zero-order chi connectivity index (χ0) is 31.8. The van der Waals surface area contributed by atoms with Crippen molar-refractivity contribution in [2.75, 3.05) is 24.7 Å². The second-order valence-electron chi connectivity index (χ2n) is 10.3. The Bertz CT molecular complexity index is 1950. The van der Waals surface area contributed by atoms with Crippen molar-refractivity contribution in [1.82, 2.24) is 39.0 Å². The highest BCUT2D eigenvalue weighted by atomic mass is 32.7. The van der Waals surface area contributed by atoms with Gasteiger partial charge in [-0.15, -0.1) is 0 Å².